The number of fused-ring (bicyclic) bond motifs is 1. The van der Waals surface area contributed by atoms with Crippen LogP contribution in [0.1, 0.15) is 10.4 Å². The van der Waals surface area contributed by atoms with Crippen LogP contribution < -0.4 is 0 Å². The summed E-state index contributed by atoms with van der Waals surface area (Å²) in [7, 11) is 0. The third kappa shape index (κ3) is 1.17. The zero-order chi connectivity index (χ0) is 8.55. The number of aromatic nitrogens is 1. The highest BCUT2D eigenvalue weighted by Gasteiger charge is 2.02. The molecule has 2 rings (SSSR count). The number of carbonyl (C=O) groups excluding carboxylic acids is 1. The largest absolute Gasteiger partial charge is 0.298 e. The highest BCUT2D eigenvalue weighted by Crippen LogP contribution is 2.25. The summed E-state index contributed by atoms with van der Waals surface area (Å²) < 4.78 is 1.92. The first-order chi connectivity index (χ1) is 5.81. The molecule has 0 saturated heterocycles. The van der Waals surface area contributed by atoms with Crippen molar-refractivity contribution in [3.63, 3.8) is 0 Å². The molecule has 0 atom stereocenters. The fourth-order valence-electron chi connectivity index (χ4n) is 0.985. The monoisotopic (exact) mass is 241 g/mol. The first-order valence-electron chi connectivity index (χ1n) is 3.29. The van der Waals surface area contributed by atoms with Crippen molar-refractivity contribution in [3.8, 4) is 0 Å². The molecule has 0 amide bonds. The van der Waals surface area contributed by atoms with Crippen LogP contribution in [0, 0.1) is 0 Å². The van der Waals surface area contributed by atoms with Crippen LogP contribution in [0.5, 0.6) is 0 Å². The van der Waals surface area contributed by atoms with E-state index in [0.29, 0.717) is 5.56 Å². The minimum atomic E-state index is 0.647. The number of benzene rings is 1. The normalized spacial score (nSPS) is 10.4. The standard InChI is InChI=1S/C8H4BrNOS/c9-6-2-8-7(10-4-12-8)1-5(6)3-11/h1-4H. The predicted molar refractivity (Wildman–Crippen MR) is 52.7 cm³/mol. The van der Waals surface area contributed by atoms with Crippen molar-refractivity contribution in [2.75, 3.05) is 0 Å². The Kier molecular flexibility index (Phi) is 1.94. The molecule has 0 radical (unpaired) electrons. The molecular weight excluding hydrogens is 238 g/mol. The zero-order valence-electron chi connectivity index (χ0n) is 5.95. The van der Waals surface area contributed by atoms with Crippen molar-refractivity contribution in [1.82, 2.24) is 4.98 Å². The summed E-state index contributed by atoms with van der Waals surface area (Å²) in [6.07, 6.45) is 0.822. The first-order valence-corrected chi connectivity index (χ1v) is 4.96. The van der Waals surface area contributed by atoms with Gasteiger partial charge in [0, 0.05) is 10.0 Å². The van der Waals surface area contributed by atoms with Crippen molar-refractivity contribution in [2.45, 2.75) is 0 Å². The van der Waals surface area contributed by atoms with Crippen LogP contribution in [0.2, 0.25) is 0 Å². The smallest absolute Gasteiger partial charge is 0.151 e. The molecule has 0 aliphatic rings. The predicted octanol–water partition coefficient (Wildman–Crippen LogP) is 2.87. The molecule has 0 unspecified atom stereocenters. The van der Waals surface area contributed by atoms with E-state index in [9.17, 15) is 4.79 Å². The third-order valence-electron chi connectivity index (χ3n) is 1.58. The maximum absolute atomic E-state index is 10.5. The molecule has 1 heterocycles. The Morgan fingerprint density at radius 1 is 1.50 bits per heavy atom. The molecular formula is C8H4BrNOS. The molecule has 0 aliphatic carbocycles. The lowest BCUT2D eigenvalue weighted by Gasteiger charge is -1.94. The van der Waals surface area contributed by atoms with E-state index in [1.807, 2.05) is 6.07 Å². The van der Waals surface area contributed by atoms with Crippen LogP contribution in [-0.4, -0.2) is 11.3 Å². The Bertz CT molecular complexity index is 438. The number of carbonyl (C=O) groups is 1. The van der Waals surface area contributed by atoms with Crippen LogP contribution in [-0.2, 0) is 0 Å². The number of rotatable bonds is 1. The van der Waals surface area contributed by atoms with Crippen LogP contribution in [0.15, 0.2) is 22.1 Å². The van der Waals surface area contributed by atoms with Crippen molar-refractivity contribution in [3.05, 3.63) is 27.7 Å². The van der Waals surface area contributed by atoms with Crippen molar-refractivity contribution < 1.29 is 4.79 Å². The van der Waals surface area contributed by atoms with Crippen LogP contribution in [0.4, 0.5) is 0 Å². The maximum atomic E-state index is 10.5. The Morgan fingerprint density at radius 2 is 2.33 bits per heavy atom. The molecule has 0 fully saturated rings. The lowest BCUT2D eigenvalue weighted by Crippen LogP contribution is -1.81. The summed E-state index contributed by atoms with van der Waals surface area (Å²) in [5.41, 5.74) is 3.30. The SMILES string of the molecule is O=Cc1cc2ncsc2cc1Br. The second-order valence-electron chi connectivity index (χ2n) is 2.31. The number of hydrogen-bond acceptors (Lipinski definition) is 3. The topological polar surface area (TPSA) is 30.0 Å². The molecule has 4 heteroatoms. The molecule has 2 aromatic rings. The van der Waals surface area contributed by atoms with Gasteiger partial charge < -0.3 is 0 Å². The molecule has 2 nitrogen and oxygen atoms in total. The summed E-state index contributed by atoms with van der Waals surface area (Å²) >= 11 is 4.87. The van der Waals surface area contributed by atoms with Gasteiger partial charge >= 0.3 is 0 Å². The van der Waals surface area contributed by atoms with Crippen LogP contribution in [0.3, 0.4) is 0 Å². The molecule has 0 aliphatic heterocycles. The van der Waals surface area contributed by atoms with Gasteiger partial charge in [-0.1, -0.05) is 15.9 Å². The van der Waals surface area contributed by atoms with E-state index in [4.69, 9.17) is 0 Å². The van der Waals surface area contributed by atoms with Crippen molar-refractivity contribution >= 4 is 43.8 Å². The molecule has 60 valence electrons. The van der Waals surface area contributed by atoms with Gasteiger partial charge in [0.15, 0.2) is 6.29 Å². The Morgan fingerprint density at radius 3 is 3.08 bits per heavy atom. The quantitative estimate of drug-likeness (QED) is 0.719. The van der Waals surface area contributed by atoms with Gasteiger partial charge in [-0.2, -0.15) is 0 Å². The number of halogens is 1. The summed E-state index contributed by atoms with van der Waals surface area (Å²) in [6.45, 7) is 0. The van der Waals surface area contributed by atoms with Gasteiger partial charge in [0.25, 0.3) is 0 Å². The Balaban J connectivity index is 2.81. The fraction of sp³-hybridized carbons (Fsp3) is 0. The molecule has 0 saturated carbocycles. The zero-order valence-corrected chi connectivity index (χ0v) is 8.35. The number of thiazole rings is 1. The third-order valence-corrected chi connectivity index (χ3v) is 3.06. The van der Waals surface area contributed by atoms with E-state index in [1.165, 1.54) is 0 Å². The van der Waals surface area contributed by atoms with E-state index in [-0.39, 0.29) is 0 Å². The summed E-state index contributed by atoms with van der Waals surface area (Å²) in [5, 5.41) is 0. The van der Waals surface area contributed by atoms with E-state index < -0.39 is 0 Å². The van der Waals surface area contributed by atoms with Gasteiger partial charge in [-0.15, -0.1) is 11.3 Å². The van der Waals surface area contributed by atoms with E-state index in [2.05, 4.69) is 20.9 Å². The van der Waals surface area contributed by atoms with Gasteiger partial charge in [0.2, 0.25) is 0 Å². The average molecular weight is 242 g/mol. The molecule has 12 heavy (non-hydrogen) atoms. The van der Waals surface area contributed by atoms with Crippen LogP contribution >= 0.6 is 27.3 Å². The second-order valence-corrected chi connectivity index (χ2v) is 4.05. The van der Waals surface area contributed by atoms with E-state index >= 15 is 0 Å². The van der Waals surface area contributed by atoms with E-state index in [1.54, 1.807) is 22.9 Å². The van der Waals surface area contributed by atoms with Crippen molar-refractivity contribution in [1.29, 1.82) is 0 Å². The van der Waals surface area contributed by atoms with Gasteiger partial charge in [0.05, 0.1) is 15.7 Å². The van der Waals surface area contributed by atoms with Gasteiger partial charge in [-0.3, -0.25) is 4.79 Å². The van der Waals surface area contributed by atoms with Gasteiger partial charge in [-0.25, -0.2) is 4.98 Å². The minimum Gasteiger partial charge on any atom is -0.298 e. The molecule has 0 N–H and O–H groups in total. The van der Waals surface area contributed by atoms with Crippen molar-refractivity contribution in [2.24, 2.45) is 0 Å². The highest BCUT2D eigenvalue weighted by atomic mass is 79.9. The fourth-order valence-corrected chi connectivity index (χ4v) is 2.27. The van der Waals surface area contributed by atoms with Crippen LogP contribution in [0.25, 0.3) is 10.2 Å². The molecule has 0 spiro atoms. The first kappa shape index (κ1) is 7.89. The van der Waals surface area contributed by atoms with Gasteiger partial charge in [-0.05, 0) is 12.1 Å². The summed E-state index contributed by atoms with van der Waals surface area (Å²) in [5.74, 6) is 0. The maximum Gasteiger partial charge on any atom is 0.151 e. The van der Waals surface area contributed by atoms with Gasteiger partial charge in [0.1, 0.15) is 0 Å². The molecule has 1 aromatic heterocycles. The Hall–Kier alpha value is -0.740. The molecule has 1 aromatic carbocycles. The lowest BCUT2D eigenvalue weighted by molar-refractivity contribution is 0.112. The second kappa shape index (κ2) is 2.95. The summed E-state index contributed by atoms with van der Waals surface area (Å²) in [6, 6.07) is 3.69. The minimum absolute atomic E-state index is 0.647. The highest BCUT2D eigenvalue weighted by molar-refractivity contribution is 9.10. The Labute approximate surface area is 81.4 Å². The number of hydrogen-bond donors (Lipinski definition) is 0. The average Bonchev–Trinajstić information content (AvgIpc) is 2.49. The number of aldehydes is 1. The lowest BCUT2D eigenvalue weighted by atomic mass is 10.2. The van der Waals surface area contributed by atoms with E-state index in [0.717, 1.165) is 21.0 Å². The molecule has 0 bridgehead atoms. The number of nitrogens with zero attached hydrogens (tertiary/aromatic N) is 1. The summed E-state index contributed by atoms with van der Waals surface area (Å²) in [4.78, 5) is 14.6.